The molecule has 0 bridgehead atoms. The molecule has 1 heterocycles. The van der Waals surface area contributed by atoms with Crippen molar-refractivity contribution in [3.8, 4) is 10.6 Å². The number of rotatable bonds is 1. The summed E-state index contributed by atoms with van der Waals surface area (Å²) in [5, 5.41) is 1.82. The van der Waals surface area contributed by atoms with Crippen LogP contribution in [0.2, 0.25) is 10.0 Å². The van der Waals surface area contributed by atoms with Crippen LogP contribution < -0.4 is 5.73 Å². The van der Waals surface area contributed by atoms with Gasteiger partial charge in [-0.3, -0.25) is 0 Å². The molecule has 20 heavy (non-hydrogen) atoms. The zero-order chi connectivity index (χ0) is 14.4. The number of halogens is 2. The third-order valence-electron chi connectivity index (χ3n) is 3.16. The van der Waals surface area contributed by atoms with E-state index in [2.05, 4.69) is 26.0 Å². The first kappa shape index (κ1) is 13.7. The highest BCUT2D eigenvalue weighted by Gasteiger charge is 2.12. The number of nitrogens with zero attached hydrogens (tertiary/aromatic N) is 1. The molecule has 2 nitrogen and oxygen atoms in total. The summed E-state index contributed by atoms with van der Waals surface area (Å²) in [7, 11) is 0. The van der Waals surface area contributed by atoms with Gasteiger partial charge in [0.05, 0.1) is 25.9 Å². The zero-order valence-corrected chi connectivity index (χ0v) is 13.3. The van der Waals surface area contributed by atoms with Gasteiger partial charge in [-0.1, -0.05) is 29.3 Å². The van der Waals surface area contributed by atoms with E-state index in [0.29, 0.717) is 15.7 Å². The minimum absolute atomic E-state index is 0.408. The first-order valence-electron chi connectivity index (χ1n) is 6.08. The number of anilines is 1. The van der Waals surface area contributed by atoms with E-state index in [1.54, 1.807) is 11.3 Å². The van der Waals surface area contributed by atoms with Crippen LogP contribution in [0.15, 0.2) is 24.3 Å². The Hall–Kier alpha value is -1.29. The maximum absolute atomic E-state index is 6.09. The predicted molar refractivity (Wildman–Crippen MR) is 89.0 cm³/mol. The van der Waals surface area contributed by atoms with Crippen LogP contribution >= 0.6 is 34.5 Å². The largest absolute Gasteiger partial charge is 0.396 e. The van der Waals surface area contributed by atoms with Gasteiger partial charge in [0.25, 0.3) is 0 Å². The van der Waals surface area contributed by atoms with E-state index in [0.717, 1.165) is 16.1 Å². The molecule has 0 unspecified atom stereocenters. The van der Waals surface area contributed by atoms with Crippen molar-refractivity contribution in [2.75, 3.05) is 5.73 Å². The number of fused-ring (bicyclic) bond motifs is 1. The molecule has 3 aromatic rings. The number of nitrogen functional groups attached to an aromatic ring is 1. The minimum Gasteiger partial charge on any atom is -0.396 e. The smallest absolute Gasteiger partial charge is 0.124 e. The normalized spacial score (nSPS) is 11.2. The average molecular weight is 323 g/mol. The SMILES string of the molecule is Cc1cc(C)c2nc(-c3cc(Cl)c(N)c(Cl)c3)sc2c1. The summed E-state index contributed by atoms with van der Waals surface area (Å²) < 4.78 is 1.17. The van der Waals surface area contributed by atoms with E-state index >= 15 is 0 Å². The molecule has 1 aromatic heterocycles. The number of hydrogen-bond donors (Lipinski definition) is 1. The number of benzene rings is 2. The van der Waals surface area contributed by atoms with Crippen LogP contribution in [0.4, 0.5) is 5.69 Å². The standard InChI is InChI=1S/C15H12Cl2N2S/c1-7-3-8(2)14-12(4-7)20-15(19-14)9-5-10(16)13(18)11(17)6-9/h3-6H,18H2,1-2H3. The Bertz CT molecular complexity index is 801. The van der Waals surface area contributed by atoms with E-state index in [-0.39, 0.29) is 0 Å². The Kier molecular flexibility index (Phi) is 3.36. The summed E-state index contributed by atoms with van der Waals surface area (Å²) in [6.07, 6.45) is 0. The molecule has 5 heteroatoms. The lowest BCUT2D eigenvalue weighted by molar-refractivity contribution is 1.38. The van der Waals surface area contributed by atoms with Crippen LogP contribution in [-0.2, 0) is 0 Å². The fraction of sp³-hybridized carbons (Fsp3) is 0.133. The van der Waals surface area contributed by atoms with Gasteiger partial charge < -0.3 is 5.73 Å². The second kappa shape index (κ2) is 4.92. The average Bonchev–Trinajstić information content (AvgIpc) is 2.79. The summed E-state index contributed by atoms with van der Waals surface area (Å²) in [4.78, 5) is 4.70. The molecule has 0 amide bonds. The fourth-order valence-electron chi connectivity index (χ4n) is 2.20. The maximum atomic E-state index is 6.09. The topological polar surface area (TPSA) is 38.9 Å². The Balaban J connectivity index is 2.22. The lowest BCUT2D eigenvalue weighted by atomic mass is 10.1. The Morgan fingerprint density at radius 3 is 2.35 bits per heavy atom. The summed E-state index contributed by atoms with van der Waals surface area (Å²) >= 11 is 13.8. The quantitative estimate of drug-likeness (QED) is 0.603. The monoisotopic (exact) mass is 322 g/mol. The second-order valence-corrected chi connectivity index (χ2v) is 6.65. The van der Waals surface area contributed by atoms with Gasteiger partial charge in [-0.25, -0.2) is 4.98 Å². The summed E-state index contributed by atoms with van der Waals surface area (Å²) in [5.41, 5.74) is 10.5. The summed E-state index contributed by atoms with van der Waals surface area (Å²) in [6.45, 7) is 4.16. The molecular formula is C15H12Cl2N2S. The maximum Gasteiger partial charge on any atom is 0.124 e. The number of aryl methyl sites for hydroxylation is 2. The number of aromatic nitrogens is 1. The van der Waals surface area contributed by atoms with Crippen LogP contribution in [0.1, 0.15) is 11.1 Å². The fourth-order valence-corrected chi connectivity index (χ4v) is 3.82. The molecule has 0 saturated carbocycles. The van der Waals surface area contributed by atoms with Gasteiger partial charge in [-0.2, -0.15) is 0 Å². The zero-order valence-electron chi connectivity index (χ0n) is 11.0. The lowest BCUT2D eigenvalue weighted by Gasteiger charge is -2.03. The highest BCUT2D eigenvalue weighted by molar-refractivity contribution is 7.21. The van der Waals surface area contributed by atoms with Crippen LogP contribution in [0.5, 0.6) is 0 Å². The molecule has 0 atom stereocenters. The second-order valence-electron chi connectivity index (χ2n) is 4.80. The molecule has 2 N–H and O–H groups in total. The van der Waals surface area contributed by atoms with Crippen molar-refractivity contribution in [1.29, 1.82) is 0 Å². The molecule has 102 valence electrons. The number of thiazole rings is 1. The van der Waals surface area contributed by atoms with Gasteiger partial charge in [-0.05, 0) is 43.2 Å². The van der Waals surface area contributed by atoms with E-state index in [4.69, 9.17) is 33.9 Å². The first-order valence-corrected chi connectivity index (χ1v) is 7.65. The van der Waals surface area contributed by atoms with Crippen molar-refractivity contribution in [3.63, 3.8) is 0 Å². The van der Waals surface area contributed by atoms with Gasteiger partial charge in [-0.15, -0.1) is 11.3 Å². The van der Waals surface area contributed by atoms with Crippen molar-refractivity contribution in [1.82, 2.24) is 4.98 Å². The Labute approximate surface area is 131 Å². The molecule has 0 aliphatic carbocycles. The van der Waals surface area contributed by atoms with Crippen LogP contribution in [-0.4, -0.2) is 4.98 Å². The summed E-state index contributed by atoms with van der Waals surface area (Å²) in [6, 6.07) is 7.89. The van der Waals surface area contributed by atoms with Crippen molar-refractivity contribution >= 4 is 50.4 Å². The molecule has 0 fully saturated rings. The number of hydrogen-bond acceptors (Lipinski definition) is 3. The van der Waals surface area contributed by atoms with Gasteiger partial charge in [0.15, 0.2) is 0 Å². The van der Waals surface area contributed by atoms with Gasteiger partial charge in [0.1, 0.15) is 5.01 Å². The first-order chi connectivity index (χ1) is 9.45. The molecule has 0 spiro atoms. The minimum atomic E-state index is 0.408. The molecule has 0 radical (unpaired) electrons. The molecule has 0 saturated heterocycles. The molecule has 2 aromatic carbocycles. The third kappa shape index (κ3) is 2.26. The van der Waals surface area contributed by atoms with Crippen LogP contribution in [0, 0.1) is 13.8 Å². The third-order valence-corrected chi connectivity index (χ3v) is 4.83. The van der Waals surface area contributed by atoms with Gasteiger partial charge in [0.2, 0.25) is 0 Å². The molecule has 3 rings (SSSR count). The van der Waals surface area contributed by atoms with Gasteiger partial charge >= 0.3 is 0 Å². The number of nitrogens with two attached hydrogens (primary N) is 1. The molecule has 0 aliphatic rings. The van der Waals surface area contributed by atoms with Crippen molar-refractivity contribution < 1.29 is 0 Å². The molecule has 0 aliphatic heterocycles. The van der Waals surface area contributed by atoms with Crippen LogP contribution in [0.25, 0.3) is 20.8 Å². The van der Waals surface area contributed by atoms with Crippen LogP contribution in [0.3, 0.4) is 0 Å². The predicted octanol–water partition coefficient (Wildman–Crippen LogP) is 5.47. The van der Waals surface area contributed by atoms with Gasteiger partial charge in [0, 0.05) is 5.56 Å². The van der Waals surface area contributed by atoms with E-state index in [1.165, 1.54) is 15.8 Å². The summed E-state index contributed by atoms with van der Waals surface area (Å²) in [5.74, 6) is 0. The molecular weight excluding hydrogens is 311 g/mol. The van der Waals surface area contributed by atoms with Crippen molar-refractivity contribution in [2.24, 2.45) is 0 Å². The van der Waals surface area contributed by atoms with Crippen molar-refractivity contribution in [3.05, 3.63) is 45.4 Å². The Morgan fingerprint density at radius 1 is 1.05 bits per heavy atom. The highest BCUT2D eigenvalue weighted by Crippen LogP contribution is 2.37. The lowest BCUT2D eigenvalue weighted by Crippen LogP contribution is -1.88. The Morgan fingerprint density at radius 2 is 1.70 bits per heavy atom. The van der Waals surface area contributed by atoms with E-state index in [9.17, 15) is 0 Å². The highest BCUT2D eigenvalue weighted by atomic mass is 35.5. The van der Waals surface area contributed by atoms with Crippen molar-refractivity contribution in [2.45, 2.75) is 13.8 Å². The van der Waals surface area contributed by atoms with E-state index < -0.39 is 0 Å². The van der Waals surface area contributed by atoms with E-state index in [1.807, 2.05) is 12.1 Å².